The summed E-state index contributed by atoms with van der Waals surface area (Å²) in [5.41, 5.74) is -0.556. The molecule has 2 aromatic carbocycles. The molecule has 1 amide bonds. The van der Waals surface area contributed by atoms with Crippen molar-refractivity contribution in [3.05, 3.63) is 63.6 Å². The van der Waals surface area contributed by atoms with Gasteiger partial charge in [-0.25, -0.2) is 9.79 Å². The molecule has 0 radical (unpaired) electrons. The fourth-order valence-electron chi connectivity index (χ4n) is 2.85. The highest BCUT2D eigenvalue weighted by Crippen LogP contribution is 2.29. The van der Waals surface area contributed by atoms with Crippen molar-refractivity contribution >= 4 is 58.4 Å². The minimum absolute atomic E-state index is 0.420. The van der Waals surface area contributed by atoms with E-state index in [2.05, 4.69) is 10.3 Å². The van der Waals surface area contributed by atoms with Gasteiger partial charge in [-0.3, -0.25) is 14.4 Å². The topological polar surface area (TPSA) is 194 Å². The largest absolute Gasteiger partial charge is 0.481 e. The number of aliphatic hydroxyl groups is 2. The molecule has 2 aromatic rings. The Bertz CT molecular complexity index is 1150. The Hall–Kier alpha value is -3.51. The number of rotatable bonds is 6. The number of nitrogens with zero attached hydrogens (tertiary/aromatic N) is 1. The average molecular weight is 513 g/mol. The Morgan fingerprint density at radius 1 is 0.971 bits per heavy atom. The highest BCUT2D eigenvalue weighted by Gasteiger charge is 2.40. The molecule has 3 rings (SSSR count). The number of aliphatic imine (C=N–C) groups is 1. The van der Waals surface area contributed by atoms with Gasteiger partial charge in [-0.15, -0.1) is 0 Å². The number of benzodiazepines with no additional fused rings is 1. The van der Waals surface area contributed by atoms with E-state index >= 15 is 0 Å². The summed E-state index contributed by atoms with van der Waals surface area (Å²) >= 11 is 12.2. The molecule has 0 saturated carbocycles. The van der Waals surface area contributed by atoms with Crippen LogP contribution in [0.25, 0.3) is 0 Å². The second-order valence-electron chi connectivity index (χ2n) is 6.99. The van der Waals surface area contributed by atoms with Crippen molar-refractivity contribution in [1.29, 1.82) is 0 Å². The minimum atomic E-state index is -2.74. The molecule has 1 heterocycles. The first-order chi connectivity index (χ1) is 15.8. The molecule has 0 bridgehead atoms. The van der Waals surface area contributed by atoms with E-state index in [4.69, 9.17) is 43.6 Å². The molecule has 11 nitrogen and oxygen atoms in total. The van der Waals surface area contributed by atoms with Gasteiger partial charge >= 0.3 is 17.9 Å². The zero-order chi connectivity index (χ0) is 25.6. The van der Waals surface area contributed by atoms with Crippen molar-refractivity contribution in [2.45, 2.75) is 24.7 Å². The maximum atomic E-state index is 11.8. The quantitative estimate of drug-likeness (QED) is 0.334. The van der Waals surface area contributed by atoms with Gasteiger partial charge in [-0.05, 0) is 24.3 Å². The number of nitrogens with one attached hydrogen (secondary N) is 1. The first-order valence-electron chi connectivity index (χ1n) is 9.35. The SMILES string of the molecule is O=C(O)CC(O)(CC(=O)O)C(=O)O.O=C1Nc2ccc(Cl)cc2C(c2ccccc2Cl)=NC1O. The van der Waals surface area contributed by atoms with Crippen molar-refractivity contribution in [3.63, 3.8) is 0 Å². The monoisotopic (exact) mass is 512 g/mol. The summed E-state index contributed by atoms with van der Waals surface area (Å²) in [6.45, 7) is 0. The van der Waals surface area contributed by atoms with Gasteiger partial charge in [0.05, 0.1) is 24.2 Å². The van der Waals surface area contributed by atoms with Crippen LogP contribution in [-0.4, -0.2) is 66.9 Å². The van der Waals surface area contributed by atoms with Crippen molar-refractivity contribution < 1.29 is 44.7 Å². The molecular weight excluding hydrogens is 495 g/mol. The fraction of sp³-hybridized carbons (Fsp3) is 0.190. The summed E-state index contributed by atoms with van der Waals surface area (Å²) in [5, 5.41) is 47.2. The van der Waals surface area contributed by atoms with E-state index in [1.54, 1.807) is 42.5 Å². The van der Waals surface area contributed by atoms with Crippen LogP contribution in [0.4, 0.5) is 5.69 Å². The van der Waals surface area contributed by atoms with Crippen molar-refractivity contribution in [1.82, 2.24) is 0 Å². The molecule has 0 aromatic heterocycles. The van der Waals surface area contributed by atoms with Crippen LogP contribution in [0.15, 0.2) is 47.5 Å². The van der Waals surface area contributed by atoms with E-state index in [9.17, 15) is 24.3 Å². The van der Waals surface area contributed by atoms with Crippen LogP contribution in [0.5, 0.6) is 0 Å². The minimum Gasteiger partial charge on any atom is -0.481 e. The predicted octanol–water partition coefficient (Wildman–Crippen LogP) is 1.85. The zero-order valence-corrected chi connectivity index (χ0v) is 18.6. The number of carboxylic acids is 3. The van der Waals surface area contributed by atoms with Gasteiger partial charge in [0.15, 0.2) is 5.60 Å². The smallest absolute Gasteiger partial charge is 0.336 e. The molecule has 0 aliphatic carbocycles. The highest BCUT2D eigenvalue weighted by atomic mass is 35.5. The van der Waals surface area contributed by atoms with Crippen LogP contribution in [0, 0.1) is 0 Å². The van der Waals surface area contributed by atoms with Gasteiger partial charge in [0.2, 0.25) is 6.23 Å². The van der Waals surface area contributed by atoms with E-state index in [0.29, 0.717) is 32.6 Å². The lowest BCUT2D eigenvalue weighted by Gasteiger charge is -2.18. The zero-order valence-electron chi connectivity index (χ0n) is 17.1. The number of amides is 1. The van der Waals surface area contributed by atoms with E-state index in [0.717, 1.165) is 0 Å². The molecule has 13 heteroatoms. The van der Waals surface area contributed by atoms with Gasteiger partial charge in [0, 0.05) is 21.2 Å². The number of anilines is 1. The Kier molecular flexibility index (Phi) is 8.71. The number of benzene rings is 2. The Balaban J connectivity index is 0.000000273. The third-order valence-electron chi connectivity index (χ3n) is 4.39. The van der Waals surface area contributed by atoms with E-state index in [1.807, 2.05) is 0 Å². The van der Waals surface area contributed by atoms with Crippen molar-refractivity contribution in [2.24, 2.45) is 4.99 Å². The highest BCUT2D eigenvalue weighted by molar-refractivity contribution is 6.36. The molecule has 180 valence electrons. The summed E-state index contributed by atoms with van der Waals surface area (Å²) in [6.07, 6.45) is -3.79. The molecule has 1 atom stereocenters. The number of carboxylic acid groups (broad SMARTS) is 3. The van der Waals surface area contributed by atoms with Crippen LogP contribution in [0.1, 0.15) is 24.0 Å². The van der Waals surface area contributed by atoms with Gasteiger partial charge < -0.3 is 30.8 Å². The number of halogens is 2. The van der Waals surface area contributed by atoms with Crippen LogP contribution < -0.4 is 5.32 Å². The lowest BCUT2D eigenvalue weighted by atomic mass is 9.96. The lowest BCUT2D eigenvalue weighted by Crippen LogP contribution is -2.42. The standard InChI is InChI=1S/C15H10Cl2N2O2.C6H8O7/c16-8-5-6-12-10(7-8)13(19-15(21)14(20)18-12)9-3-1-2-4-11(9)17;7-3(8)1-6(13,5(11)12)2-4(9)10/h1-7,15,21H,(H,18,20);13H,1-2H2,(H,7,8)(H,9,10)(H,11,12). The first kappa shape index (κ1) is 26.7. The number of aliphatic carboxylic acids is 3. The second kappa shape index (κ2) is 11.1. The summed E-state index contributed by atoms with van der Waals surface area (Å²) < 4.78 is 0. The molecule has 1 unspecified atom stereocenters. The Morgan fingerprint density at radius 2 is 1.56 bits per heavy atom. The number of carbonyl (C=O) groups excluding carboxylic acids is 1. The fourth-order valence-corrected chi connectivity index (χ4v) is 3.25. The molecule has 1 aliphatic heterocycles. The molecule has 0 saturated heterocycles. The third kappa shape index (κ3) is 6.75. The average Bonchev–Trinajstić information content (AvgIpc) is 2.84. The molecular formula is C21H18Cl2N2O9. The van der Waals surface area contributed by atoms with Crippen LogP contribution in [-0.2, 0) is 19.2 Å². The lowest BCUT2D eigenvalue weighted by molar-refractivity contribution is -0.170. The second-order valence-corrected chi connectivity index (χ2v) is 7.83. The Morgan fingerprint density at radius 3 is 2.09 bits per heavy atom. The van der Waals surface area contributed by atoms with E-state index in [1.165, 1.54) is 0 Å². The molecule has 34 heavy (non-hydrogen) atoms. The number of aliphatic hydroxyl groups excluding tert-OH is 1. The predicted molar refractivity (Wildman–Crippen MR) is 120 cm³/mol. The van der Waals surface area contributed by atoms with Gasteiger partial charge in [0.1, 0.15) is 0 Å². The summed E-state index contributed by atoms with van der Waals surface area (Å²) in [4.78, 5) is 46.4. The molecule has 1 aliphatic rings. The van der Waals surface area contributed by atoms with Crippen molar-refractivity contribution in [3.8, 4) is 0 Å². The maximum absolute atomic E-state index is 11.8. The molecule has 6 N–H and O–H groups in total. The maximum Gasteiger partial charge on any atom is 0.336 e. The number of fused-ring (bicyclic) bond motifs is 1. The van der Waals surface area contributed by atoms with Gasteiger partial charge in [-0.2, -0.15) is 0 Å². The summed E-state index contributed by atoms with van der Waals surface area (Å²) in [6, 6.07) is 12.1. The molecule has 0 spiro atoms. The number of hydrogen-bond donors (Lipinski definition) is 6. The number of hydrogen-bond acceptors (Lipinski definition) is 7. The summed E-state index contributed by atoms with van der Waals surface area (Å²) in [5.74, 6) is -5.62. The molecule has 0 fully saturated rings. The van der Waals surface area contributed by atoms with E-state index in [-0.39, 0.29) is 0 Å². The van der Waals surface area contributed by atoms with Crippen LogP contribution in [0.3, 0.4) is 0 Å². The third-order valence-corrected chi connectivity index (χ3v) is 4.96. The van der Waals surface area contributed by atoms with Gasteiger partial charge in [0.25, 0.3) is 5.91 Å². The summed E-state index contributed by atoms with van der Waals surface area (Å²) in [7, 11) is 0. The Labute approximate surface area is 201 Å². The van der Waals surface area contributed by atoms with Crippen LogP contribution in [0.2, 0.25) is 10.0 Å². The van der Waals surface area contributed by atoms with Crippen LogP contribution >= 0.6 is 23.2 Å². The normalized spacial score (nSPS) is 15.0. The van der Waals surface area contributed by atoms with E-state index < -0.39 is 48.5 Å². The van der Waals surface area contributed by atoms with Gasteiger partial charge in [-0.1, -0.05) is 41.4 Å². The number of carbonyl (C=O) groups is 4. The van der Waals surface area contributed by atoms with Crippen molar-refractivity contribution in [2.75, 3.05) is 5.32 Å². The first-order valence-corrected chi connectivity index (χ1v) is 10.1.